The molecule has 9 nitrogen and oxygen atoms in total. The second-order valence-electron chi connectivity index (χ2n) is 6.57. The minimum Gasteiger partial charge on any atom is -0.497 e. The van der Waals surface area contributed by atoms with Crippen LogP contribution in [0.5, 0.6) is 11.5 Å². The number of benzene rings is 1. The molecule has 3 heterocycles. The van der Waals surface area contributed by atoms with E-state index in [2.05, 4.69) is 14.9 Å². The Morgan fingerprint density at radius 2 is 1.97 bits per heavy atom. The fourth-order valence-corrected chi connectivity index (χ4v) is 4.07. The van der Waals surface area contributed by atoms with E-state index >= 15 is 0 Å². The lowest BCUT2D eigenvalue weighted by molar-refractivity contribution is 0.0364. The highest BCUT2D eigenvalue weighted by Gasteiger charge is 2.21. The summed E-state index contributed by atoms with van der Waals surface area (Å²) in [5.41, 5.74) is 6.67. The number of nitrogens with zero attached hydrogens (tertiary/aromatic N) is 5. The van der Waals surface area contributed by atoms with Crippen molar-refractivity contribution in [2.24, 2.45) is 0 Å². The average Bonchev–Trinajstić information content (AvgIpc) is 3.18. The maximum absolute atomic E-state index is 6.06. The molecule has 0 saturated carbocycles. The number of rotatable bonds is 7. The zero-order valence-corrected chi connectivity index (χ0v) is 17.3. The third-order valence-corrected chi connectivity index (χ3v) is 5.71. The fourth-order valence-electron chi connectivity index (χ4n) is 3.18. The number of hydrogen-bond acceptors (Lipinski definition) is 9. The van der Waals surface area contributed by atoms with Gasteiger partial charge in [-0.1, -0.05) is 0 Å². The van der Waals surface area contributed by atoms with Crippen LogP contribution < -0.4 is 15.2 Å². The van der Waals surface area contributed by atoms with Gasteiger partial charge in [-0.2, -0.15) is 0 Å². The van der Waals surface area contributed by atoms with E-state index in [9.17, 15) is 0 Å². The molecule has 0 bridgehead atoms. The van der Waals surface area contributed by atoms with Gasteiger partial charge in [-0.3, -0.25) is 4.90 Å². The van der Waals surface area contributed by atoms with Gasteiger partial charge in [0.05, 0.1) is 38.7 Å². The van der Waals surface area contributed by atoms with E-state index in [-0.39, 0.29) is 0 Å². The number of aromatic nitrogens is 4. The third kappa shape index (κ3) is 4.39. The van der Waals surface area contributed by atoms with E-state index in [0.717, 1.165) is 61.6 Å². The van der Waals surface area contributed by atoms with Crippen molar-refractivity contribution in [3.8, 4) is 23.0 Å². The van der Waals surface area contributed by atoms with Gasteiger partial charge < -0.3 is 24.5 Å². The first kappa shape index (κ1) is 19.7. The molecule has 3 aliphatic rings. The Bertz CT molecular complexity index is 944. The molecule has 3 aliphatic heterocycles. The van der Waals surface area contributed by atoms with Crippen molar-refractivity contribution in [1.29, 1.82) is 0 Å². The Morgan fingerprint density at radius 1 is 1.14 bits per heavy atom. The summed E-state index contributed by atoms with van der Waals surface area (Å²) < 4.78 is 18.2. The number of anilines is 1. The maximum Gasteiger partial charge on any atom is 0.195 e. The maximum atomic E-state index is 6.06. The molecular formula is C19H24N6O3S. The molecule has 0 atom stereocenters. The van der Waals surface area contributed by atoms with Crippen LogP contribution in [0.15, 0.2) is 34.6 Å². The van der Waals surface area contributed by atoms with E-state index in [1.807, 2.05) is 22.8 Å². The SMILES string of the molecule is COc1ccc(OC)c(Sc2nc3c(N)ncn(CCN4CCOCC4)c-3n2)c1. The summed E-state index contributed by atoms with van der Waals surface area (Å²) in [7, 11) is 3.27. The molecule has 29 heavy (non-hydrogen) atoms. The van der Waals surface area contributed by atoms with Crippen LogP contribution in [0.25, 0.3) is 11.5 Å². The van der Waals surface area contributed by atoms with Crippen molar-refractivity contribution in [2.45, 2.75) is 16.6 Å². The molecule has 0 aliphatic carbocycles. The van der Waals surface area contributed by atoms with E-state index in [1.54, 1.807) is 20.5 Å². The molecule has 10 heteroatoms. The van der Waals surface area contributed by atoms with Crippen LogP contribution in [-0.2, 0) is 11.3 Å². The molecule has 4 rings (SSSR count). The molecule has 1 aromatic carbocycles. The van der Waals surface area contributed by atoms with Gasteiger partial charge in [0.25, 0.3) is 0 Å². The van der Waals surface area contributed by atoms with Gasteiger partial charge >= 0.3 is 0 Å². The zero-order valence-electron chi connectivity index (χ0n) is 16.5. The largest absolute Gasteiger partial charge is 0.497 e. The lowest BCUT2D eigenvalue weighted by Crippen LogP contribution is -2.38. The fraction of sp³-hybridized carbons (Fsp3) is 0.421. The molecule has 0 unspecified atom stereocenters. The van der Waals surface area contributed by atoms with Gasteiger partial charge in [-0.15, -0.1) is 0 Å². The predicted molar refractivity (Wildman–Crippen MR) is 110 cm³/mol. The van der Waals surface area contributed by atoms with Gasteiger partial charge in [0.2, 0.25) is 0 Å². The van der Waals surface area contributed by atoms with Crippen LogP contribution in [0, 0.1) is 0 Å². The van der Waals surface area contributed by atoms with Crippen LogP contribution in [-0.4, -0.2) is 71.5 Å². The quantitative estimate of drug-likeness (QED) is 0.618. The normalized spacial score (nSPS) is 15.0. The summed E-state index contributed by atoms with van der Waals surface area (Å²) in [6.45, 7) is 5.09. The molecule has 1 fully saturated rings. The van der Waals surface area contributed by atoms with Crippen molar-refractivity contribution in [3.05, 3.63) is 24.5 Å². The van der Waals surface area contributed by atoms with Gasteiger partial charge in [-0.05, 0) is 30.0 Å². The molecule has 0 radical (unpaired) electrons. The molecule has 1 aromatic rings. The standard InChI is InChI=1S/C19H24N6O3S/c1-26-13-3-4-14(27-2)15(11-13)29-19-22-16-17(20)21-12-25(18(16)23-19)6-5-24-7-9-28-10-8-24/h3-4,11-12H,5-10,20H2,1-2H3. The van der Waals surface area contributed by atoms with E-state index in [0.29, 0.717) is 16.7 Å². The first-order chi connectivity index (χ1) is 14.2. The Balaban J connectivity index is 1.58. The summed E-state index contributed by atoms with van der Waals surface area (Å²) in [4.78, 5) is 16.9. The monoisotopic (exact) mass is 416 g/mol. The molecule has 0 spiro atoms. The number of morpholine rings is 1. The first-order valence-electron chi connectivity index (χ1n) is 9.36. The highest BCUT2D eigenvalue weighted by Crippen LogP contribution is 2.38. The number of methoxy groups -OCH3 is 2. The van der Waals surface area contributed by atoms with Crippen LogP contribution in [0.4, 0.5) is 5.82 Å². The molecule has 154 valence electrons. The number of nitrogens with two attached hydrogens (primary N) is 1. The molecule has 0 amide bonds. The van der Waals surface area contributed by atoms with Crippen LogP contribution >= 0.6 is 11.8 Å². The zero-order chi connectivity index (χ0) is 20.2. The molecule has 2 N–H and O–H groups in total. The minimum atomic E-state index is 0.375. The summed E-state index contributed by atoms with van der Waals surface area (Å²) >= 11 is 1.41. The minimum absolute atomic E-state index is 0.375. The highest BCUT2D eigenvalue weighted by atomic mass is 32.2. The third-order valence-electron chi connectivity index (χ3n) is 4.80. The summed E-state index contributed by atoms with van der Waals surface area (Å²) in [5.74, 6) is 2.58. The number of hydrogen-bond donors (Lipinski definition) is 1. The molecule has 0 aromatic heterocycles. The summed E-state index contributed by atoms with van der Waals surface area (Å²) in [5, 5.41) is 0.589. The second-order valence-corrected chi connectivity index (χ2v) is 7.58. The number of nitrogen functional groups attached to an aromatic ring is 1. The van der Waals surface area contributed by atoms with Gasteiger partial charge in [0.15, 0.2) is 22.5 Å². The van der Waals surface area contributed by atoms with Crippen molar-refractivity contribution in [3.63, 3.8) is 0 Å². The summed E-state index contributed by atoms with van der Waals surface area (Å²) in [6, 6.07) is 5.62. The highest BCUT2D eigenvalue weighted by molar-refractivity contribution is 7.99. The van der Waals surface area contributed by atoms with Crippen molar-refractivity contribution in [1.82, 2.24) is 24.4 Å². The topological polar surface area (TPSA) is 101 Å². The Labute approximate surface area is 173 Å². The lowest BCUT2D eigenvalue weighted by Gasteiger charge is -2.27. The second kappa shape index (κ2) is 8.85. The number of imidazole rings is 1. The molecule has 1 saturated heterocycles. The first-order valence-corrected chi connectivity index (χ1v) is 10.2. The van der Waals surface area contributed by atoms with Gasteiger partial charge in [0.1, 0.15) is 11.5 Å². The lowest BCUT2D eigenvalue weighted by atomic mass is 10.3. The summed E-state index contributed by atoms with van der Waals surface area (Å²) in [6.07, 6.45) is 1.73. The molecular weight excluding hydrogens is 392 g/mol. The van der Waals surface area contributed by atoms with E-state index < -0.39 is 0 Å². The van der Waals surface area contributed by atoms with Gasteiger partial charge in [0, 0.05) is 26.2 Å². The predicted octanol–water partition coefficient (Wildman–Crippen LogP) is 1.86. The van der Waals surface area contributed by atoms with Gasteiger partial charge in [-0.25, -0.2) is 15.0 Å². The number of fused-ring (bicyclic) bond motifs is 1. The van der Waals surface area contributed by atoms with Crippen LogP contribution in [0.1, 0.15) is 0 Å². The van der Waals surface area contributed by atoms with Crippen molar-refractivity contribution < 1.29 is 14.2 Å². The Morgan fingerprint density at radius 3 is 2.72 bits per heavy atom. The van der Waals surface area contributed by atoms with E-state index in [1.165, 1.54) is 11.8 Å². The number of ether oxygens (including phenoxy) is 3. The van der Waals surface area contributed by atoms with Crippen LogP contribution in [0.3, 0.4) is 0 Å². The Hall–Kier alpha value is -2.56. The van der Waals surface area contributed by atoms with Crippen molar-refractivity contribution in [2.75, 3.05) is 52.8 Å². The van der Waals surface area contributed by atoms with Crippen molar-refractivity contribution >= 4 is 17.6 Å². The van der Waals surface area contributed by atoms with E-state index in [4.69, 9.17) is 24.9 Å². The Kier molecular flexibility index (Phi) is 6.02. The average molecular weight is 417 g/mol. The smallest absolute Gasteiger partial charge is 0.195 e. The van der Waals surface area contributed by atoms with Crippen LogP contribution in [0.2, 0.25) is 0 Å².